The maximum Gasteiger partial charge on any atom is 0.410 e. The van der Waals surface area contributed by atoms with E-state index in [1.807, 2.05) is 20.8 Å². The quantitative estimate of drug-likeness (QED) is 0.785. The van der Waals surface area contributed by atoms with Gasteiger partial charge in [-0.25, -0.2) is 13.2 Å². The molecule has 2 heterocycles. The molecule has 2 aliphatic heterocycles. The van der Waals surface area contributed by atoms with Gasteiger partial charge in [0.1, 0.15) is 11.4 Å². The number of benzene rings is 1. The van der Waals surface area contributed by atoms with E-state index in [1.54, 1.807) is 36.3 Å². The van der Waals surface area contributed by atoms with Crippen LogP contribution < -0.4 is 4.74 Å². The first-order valence-electron chi connectivity index (χ1n) is 9.17. The maximum atomic E-state index is 12.8. The monoisotopic (exact) mass is 396 g/mol. The van der Waals surface area contributed by atoms with Crippen LogP contribution in [0.2, 0.25) is 0 Å². The number of hydrogen-bond acceptors (Lipinski definition) is 5. The van der Waals surface area contributed by atoms with Crippen molar-refractivity contribution in [2.24, 2.45) is 5.41 Å². The van der Waals surface area contributed by atoms with Crippen LogP contribution in [0.1, 0.15) is 33.6 Å². The number of ether oxygens (including phenoxy) is 2. The van der Waals surface area contributed by atoms with Crippen LogP contribution in [0.3, 0.4) is 0 Å². The normalized spacial score (nSPS) is 20.2. The highest BCUT2D eigenvalue weighted by Crippen LogP contribution is 2.43. The van der Waals surface area contributed by atoms with Gasteiger partial charge in [-0.1, -0.05) is 0 Å². The maximum absolute atomic E-state index is 12.8. The molecule has 150 valence electrons. The summed E-state index contributed by atoms with van der Waals surface area (Å²) in [5.74, 6) is 0.628. The van der Waals surface area contributed by atoms with Crippen LogP contribution in [-0.4, -0.2) is 62.6 Å². The van der Waals surface area contributed by atoms with Crippen molar-refractivity contribution in [3.8, 4) is 5.75 Å². The molecule has 8 heteroatoms. The number of amides is 1. The molecule has 2 fully saturated rings. The SMILES string of the molecule is COc1ccc(S(=O)(=O)N2CC3(CCN(C(=O)OC(C)(C)C)CC3)C2)cc1. The minimum atomic E-state index is -3.48. The van der Waals surface area contributed by atoms with Crippen molar-refractivity contribution >= 4 is 16.1 Å². The lowest BCUT2D eigenvalue weighted by Gasteiger charge is -2.52. The molecule has 0 aliphatic carbocycles. The summed E-state index contributed by atoms with van der Waals surface area (Å²) < 4.78 is 37.6. The molecule has 3 rings (SSSR count). The molecule has 1 aromatic carbocycles. The number of nitrogens with zero attached hydrogens (tertiary/aromatic N) is 2. The summed E-state index contributed by atoms with van der Waals surface area (Å²) >= 11 is 0. The zero-order valence-corrected chi connectivity index (χ0v) is 17.2. The molecule has 7 nitrogen and oxygen atoms in total. The van der Waals surface area contributed by atoms with E-state index in [0.29, 0.717) is 31.9 Å². The van der Waals surface area contributed by atoms with E-state index < -0.39 is 15.6 Å². The molecule has 0 atom stereocenters. The van der Waals surface area contributed by atoms with Crippen molar-refractivity contribution in [1.29, 1.82) is 0 Å². The van der Waals surface area contributed by atoms with Crippen LogP contribution in [0.5, 0.6) is 5.75 Å². The van der Waals surface area contributed by atoms with E-state index >= 15 is 0 Å². The van der Waals surface area contributed by atoms with Gasteiger partial charge in [0.15, 0.2) is 0 Å². The predicted molar refractivity (Wildman–Crippen MR) is 101 cm³/mol. The highest BCUT2D eigenvalue weighted by Gasteiger charge is 2.50. The molecule has 1 aromatic rings. The van der Waals surface area contributed by atoms with Crippen molar-refractivity contribution in [1.82, 2.24) is 9.21 Å². The lowest BCUT2D eigenvalue weighted by Crippen LogP contribution is -2.62. The highest BCUT2D eigenvalue weighted by atomic mass is 32.2. The number of methoxy groups -OCH3 is 1. The summed E-state index contributed by atoms with van der Waals surface area (Å²) in [5, 5.41) is 0. The van der Waals surface area contributed by atoms with E-state index in [2.05, 4.69) is 0 Å². The van der Waals surface area contributed by atoms with Gasteiger partial charge in [0.2, 0.25) is 10.0 Å². The minimum Gasteiger partial charge on any atom is -0.497 e. The van der Waals surface area contributed by atoms with Crippen molar-refractivity contribution < 1.29 is 22.7 Å². The van der Waals surface area contributed by atoms with Gasteiger partial charge in [0.25, 0.3) is 0 Å². The fourth-order valence-corrected chi connectivity index (χ4v) is 5.24. The van der Waals surface area contributed by atoms with Crippen LogP contribution in [-0.2, 0) is 14.8 Å². The Hall–Kier alpha value is -1.80. The Morgan fingerprint density at radius 2 is 1.63 bits per heavy atom. The Bertz CT molecular complexity index is 782. The van der Waals surface area contributed by atoms with E-state index in [-0.39, 0.29) is 16.4 Å². The van der Waals surface area contributed by atoms with Crippen LogP contribution in [0, 0.1) is 5.41 Å². The second kappa shape index (κ2) is 6.98. The van der Waals surface area contributed by atoms with E-state index in [4.69, 9.17) is 9.47 Å². The number of rotatable bonds is 3. The molecule has 0 saturated carbocycles. The van der Waals surface area contributed by atoms with Gasteiger partial charge in [0, 0.05) is 31.6 Å². The average Bonchev–Trinajstić information content (AvgIpc) is 2.58. The summed E-state index contributed by atoms with van der Waals surface area (Å²) in [5.41, 5.74) is -0.538. The second-order valence-corrected chi connectivity index (χ2v) is 10.4. The largest absolute Gasteiger partial charge is 0.497 e. The van der Waals surface area contributed by atoms with Crippen molar-refractivity contribution in [3.63, 3.8) is 0 Å². The molecular weight excluding hydrogens is 368 g/mol. The molecule has 27 heavy (non-hydrogen) atoms. The molecule has 1 amide bonds. The van der Waals surface area contributed by atoms with Crippen LogP contribution >= 0.6 is 0 Å². The Morgan fingerprint density at radius 3 is 2.11 bits per heavy atom. The van der Waals surface area contributed by atoms with Gasteiger partial charge >= 0.3 is 6.09 Å². The van der Waals surface area contributed by atoms with Gasteiger partial charge < -0.3 is 14.4 Å². The summed E-state index contributed by atoms with van der Waals surface area (Å²) in [6.45, 7) is 7.77. The highest BCUT2D eigenvalue weighted by molar-refractivity contribution is 7.89. The first kappa shape index (κ1) is 19.9. The molecule has 0 N–H and O–H groups in total. The van der Waals surface area contributed by atoms with E-state index in [1.165, 1.54) is 4.31 Å². The fourth-order valence-electron chi connectivity index (χ4n) is 3.57. The van der Waals surface area contributed by atoms with Gasteiger partial charge in [-0.2, -0.15) is 4.31 Å². The third-order valence-electron chi connectivity index (χ3n) is 5.20. The standard InChI is InChI=1S/C19H28N2O5S/c1-18(2,3)26-17(22)20-11-9-19(10-12-20)13-21(14-19)27(23,24)16-7-5-15(25-4)6-8-16/h5-8H,9-14H2,1-4H3. The number of carbonyl (C=O) groups is 1. The zero-order valence-electron chi connectivity index (χ0n) is 16.4. The van der Waals surface area contributed by atoms with Gasteiger partial charge in [-0.15, -0.1) is 0 Å². The molecule has 0 radical (unpaired) electrons. The summed E-state index contributed by atoms with van der Waals surface area (Å²) in [4.78, 5) is 14.2. The first-order chi connectivity index (χ1) is 12.5. The van der Waals surface area contributed by atoms with E-state index in [9.17, 15) is 13.2 Å². The third kappa shape index (κ3) is 4.21. The van der Waals surface area contributed by atoms with Crippen molar-refractivity contribution in [2.45, 2.75) is 44.1 Å². The minimum absolute atomic E-state index is 0.0297. The average molecular weight is 397 g/mol. The third-order valence-corrected chi connectivity index (χ3v) is 7.00. The smallest absolute Gasteiger partial charge is 0.410 e. The molecule has 0 aromatic heterocycles. The second-order valence-electron chi connectivity index (χ2n) is 8.42. The number of likely N-dealkylation sites (tertiary alicyclic amines) is 1. The molecule has 0 bridgehead atoms. The lowest BCUT2D eigenvalue weighted by molar-refractivity contribution is -0.0189. The summed E-state index contributed by atoms with van der Waals surface area (Å²) in [6.07, 6.45) is 1.29. The Balaban J connectivity index is 1.57. The molecule has 0 unspecified atom stereocenters. The first-order valence-corrected chi connectivity index (χ1v) is 10.6. The van der Waals surface area contributed by atoms with Crippen molar-refractivity contribution in [3.05, 3.63) is 24.3 Å². The topological polar surface area (TPSA) is 76.2 Å². The lowest BCUT2D eigenvalue weighted by atomic mass is 9.73. The van der Waals surface area contributed by atoms with Gasteiger partial charge in [-0.05, 0) is 57.9 Å². The number of hydrogen-bond donors (Lipinski definition) is 0. The van der Waals surface area contributed by atoms with Gasteiger partial charge in [-0.3, -0.25) is 0 Å². The Labute approximate surface area is 161 Å². The fraction of sp³-hybridized carbons (Fsp3) is 0.632. The van der Waals surface area contributed by atoms with E-state index in [0.717, 1.165) is 12.8 Å². The van der Waals surface area contributed by atoms with Crippen LogP contribution in [0.4, 0.5) is 4.79 Å². The number of sulfonamides is 1. The molecule has 1 spiro atoms. The summed E-state index contributed by atoms with van der Waals surface area (Å²) in [7, 11) is -1.94. The summed E-state index contributed by atoms with van der Waals surface area (Å²) in [6, 6.07) is 6.46. The molecule has 2 aliphatic rings. The number of piperidine rings is 1. The number of carbonyl (C=O) groups excluding carboxylic acids is 1. The zero-order chi connectivity index (χ0) is 19.9. The molecular formula is C19H28N2O5S. The van der Waals surface area contributed by atoms with Gasteiger partial charge in [0.05, 0.1) is 12.0 Å². The Morgan fingerprint density at radius 1 is 1.07 bits per heavy atom. The predicted octanol–water partition coefficient (Wildman–Crippen LogP) is 2.72. The molecule has 2 saturated heterocycles. The van der Waals surface area contributed by atoms with Crippen molar-refractivity contribution in [2.75, 3.05) is 33.3 Å². The Kier molecular flexibility index (Phi) is 5.16. The van der Waals surface area contributed by atoms with Crippen LogP contribution in [0.15, 0.2) is 29.2 Å². The van der Waals surface area contributed by atoms with Crippen LogP contribution in [0.25, 0.3) is 0 Å².